The summed E-state index contributed by atoms with van der Waals surface area (Å²) in [7, 11) is 0. The molecular weight excluding hydrogens is 494 g/mol. The number of rotatable bonds is 2. The molecule has 1 N–H and O–H groups in total. The Morgan fingerprint density at radius 3 is 2.51 bits per heavy atom. The molecule has 3 aromatic rings. The lowest BCUT2D eigenvalue weighted by molar-refractivity contribution is 0.0946. The molecule has 0 aromatic heterocycles. The monoisotopic (exact) mass is 521 g/mol. The van der Waals surface area contributed by atoms with Crippen LogP contribution in [0.5, 0.6) is 0 Å². The fraction of sp³-hybridized carbons (Fsp3) is 0.156. The Hall–Kier alpha value is -3.43. The summed E-state index contributed by atoms with van der Waals surface area (Å²) in [5.74, 6) is 0.151. The van der Waals surface area contributed by atoms with Crippen molar-refractivity contribution in [3.05, 3.63) is 128 Å². The molecule has 3 heteroatoms. The van der Waals surface area contributed by atoms with Crippen LogP contribution in [0.3, 0.4) is 0 Å². The SMILES string of the molecule is C1=CC=CNC=C1.Cc1ccc(Br)c(C(=O)C2C=c3c(ccc4c3=CCc3ccccc3-4)CC2)c1. The molecule has 0 radical (unpaired) electrons. The molecule has 0 amide bonds. The molecule has 0 fully saturated rings. The third kappa shape index (κ3) is 5.01. The Kier molecular flexibility index (Phi) is 6.96. The maximum Gasteiger partial charge on any atom is 0.170 e. The van der Waals surface area contributed by atoms with Crippen molar-refractivity contribution in [1.29, 1.82) is 0 Å². The summed E-state index contributed by atoms with van der Waals surface area (Å²) >= 11 is 3.57. The molecule has 35 heavy (non-hydrogen) atoms. The number of halogens is 1. The van der Waals surface area contributed by atoms with Crippen LogP contribution in [-0.4, -0.2) is 5.78 Å². The average molecular weight is 522 g/mol. The molecule has 1 atom stereocenters. The second-order valence-electron chi connectivity index (χ2n) is 9.09. The number of ketones is 1. The Morgan fingerprint density at radius 2 is 1.69 bits per heavy atom. The molecule has 0 saturated carbocycles. The molecule has 2 aliphatic carbocycles. The van der Waals surface area contributed by atoms with Gasteiger partial charge in [0.2, 0.25) is 0 Å². The van der Waals surface area contributed by atoms with Gasteiger partial charge >= 0.3 is 0 Å². The van der Waals surface area contributed by atoms with Crippen molar-refractivity contribution in [3.8, 4) is 11.1 Å². The van der Waals surface area contributed by atoms with Crippen molar-refractivity contribution in [1.82, 2.24) is 5.32 Å². The highest BCUT2D eigenvalue weighted by Crippen LogP contribution is 2.28. The summed E-state index contributed by atoms with van der Waals surface area (Å²) in [5.41, 5.74) is 7.27. The van der Waals surface area contributed by atoms with E-state index in [0.29, 0.717) is 0 Å². The second kappa shape index (κ2) is 10.5. The lowest BCUT2D eigenvalue weighted by atomic mass is 9.82. The number of hydrogen-bond acceptors (Lipinski definition) is 2. The summed E-state index contributed by atoms with van der Waals surface area (Å²) in [6.45, 7) is 2.03. The van der Waals surface area contributed by atoms with Crippen molar-refractivity contribution >= 4 is 33.9 Å². The Morgan fingerprint density at radius 1 is 0.886 bits per heavy atom. The van der Waals surface area contributed by atoms with Crippen molar-refractivity contribution in [2.24, 2.45) is 5.92 Å². The number of fused-ring (bicyclic) bond motifs is 5. The standard InChI is InChI=1S/C26H21BrO.C6H7N/c1-16-6-13-25(27)24(14-16)26(28)19-8-7-18-10-11-21-20-5-3-2-4-17(20)9-12-22(21)23(18)15-19;1-2-4-6-7-5-3-1/h2-6,10-15,19H,7-9H2,1H3;1-7H. The van der Waals surface area contributed by atoms with Gasteiger partial charge in [-0.1, -0.05) is 88.3 Å². The van der Waals surface area contributed by atoms with E-state index in [2.05, 4.69) is 69.8 Å². The summed E-state index contributed by atoms with van der Waals surface area (Å²) in [5, 5.41) is 5.49. The number of carbonyl (C=O) groups is 1. The van der Waals surface area contributed by atoms with Crippen LogP contribution < -0.4 is 15.8 Å². The quantitative estimate of drug-likeness (QED) is 0.409. The summed E-state index contributed by atoms with van der Waals surface area (Å²) < 4.78 is 0.887. The van der Waals surface area contributed by atoms with Gasteiger partial charge in [0.1, 0.15) is 0 Å². The first kappa shape index (κ1) is 23.3. The van der Waals surface area contributed by atoms with Crippen LogP contribution in [0.2, 0.25) is 0 Å². The highest BCUT2D eigenvalue weighted by molar-refractivity contribution is 9.10. The molecule has 0 spiro atoms. The first-order valence-corrected chi connectivity index (χ1v) is 12.9. The molecule has 6 rings (SSSR count). The molecule has 3 aromatic carbocycles. The predicted molar refractivity (Wildman–Crippen MR) is 149 cm³/mol. The van der Waals surface area contributed by atoms with Gasteiger partial charge in [0.05, 0.1) is 0 Å². The van der Waals surface area contributed by atoms with Crippen molar-refractivity contribution in [2.45, 2.75) is 26.2 Å². The van der Waals surface area contributed by atoms with E-state index in [0.717, 1.165) is 34.9 Å². The lowest BCUT2D eigenvalue weighted by Gasteiger charge is -2.22. The van der Waals surface area contributed by atoms with Crippen molar-refractivity contribution < 1.29 is 4.79 Å². The summed E-state index contributed by atoms with van der Waals surface area (Å²) in [6.07, 6.45) is 18.9. The minimum atomic E-state index is -0.0670. The maximum atomic E-state index is 13.3. The molecule has 0 saturated heterocycles. The van der Waals surface area contributed by atoms with E-state index in [1.807, 2.05) is 61.8 Å². The number of benzene rings is 3. The molecular formula is C32H28BrNO. The normalized spacial score (nSPS) is 16.7. The average Bonchev–Trinajstić information content (AvgIpc) is 3.23. The molecule has 174 valence electrons. The van der Waals surface area contributed by atoms with Gasteiger partial charge in [0, 0.05) is 28.4 Å². The number of Topliss-reactive ketones (excluding diaryl/α,β-unsaturated/α-hetero) is 1. The van der Waals surface area contributed by atoms with Crippen LogP contribution in [-0.2, 0) is 12.8 Å². The van der Waals surface area contributed by atoms with Crippen LogP contribution in [0, 0.1) is 12.8 Å². The zero-order valence-corrected chi connectivity index (χ0v) is 21.4. The van der Waals surface area contributed by atoms with E-state index in [1.165, 1.54) is 32.7 Å². The Bertz CT molecular complexity index is 1480. The van der Waals surface area contributed by atoms with Gasteiger partial charge in [-0.2, -0.15) is 0 Å². The van der Waals surface area contributed by atoms with Crippen molar-refractivity contribution in [2.75, 3.05) is 0 Å². The molecule has 2 nitrogen and oxygen atoms in total. The molecule has 3 aliphatic rings. The minimum Gasteiger partial charge on any atom is -0.368 e. The van der Waals surface area contributed by atoms with Gasteiger partial charge in [-0.3, -0.25) is 4.79 Å². The Labute approximate surface area is 215 Å². The predicted octanol–water partition coefficient (Wildman–Crippen LogP) is 6.16. The Balaban J connectivity index is 0.000000313. The first-order chi connectivity index (χ1) is 17.1. The second-order valence-corrected chi connectivity index (χ2v) is 9.95. The van der Waals surface area contributed by atoms with Gasteiger partial charge < -0.3 is 5.32 Å². The van der Waals surface area contributed by atoms with Gasteiger partial charge in [0.25, 0.3) is 0 Å². The number of carbonyl (C=O) groups excluding carboxylic acids is 1. The van der Waals surface area contributed by atoms with E-state index in [9.17, 15) is 4.79 Å². The molecule has 1 unspecified atom stereocenters. The highest BCUT2D eigenvalue weighted by atomic mass is 79.9. The third-order valence-electron chi connectivity index (χ3n) is 6.75. The van der Waals surface area contributed by atoms with Gasteiger partial charge in [-0.05, 0) is 83.2 Å². The fourth-order valence-corrected chi connectivity index (χ4v) is 5.40. The van der Waals surface area contributed by atoms with E-state index < -0.39 is 0 Å². The molecule has 1 aliphatic heterocycles. The smallest absolute Gasteiger partial charge is 0.170 e. The maximum absolute atomic E-state index is 13.3. The number of nitrogens with one attached hydrogen (secondary N) is 1. The molecule has 1 heterocycles. The zero-order chi connectivity index (χ0) is 24.2. The number of hydrogen-bond donors (Lipinski definition) is 1. The van der Waals surface area contributed by atoms with Crippen LogP contribution in [0.1, 0.15) is 33.5 Å². The molecule has 0 bridgehead atoms. The van der Waals surface area contributed by atoms with Crippen LogP contribution in [0.4, 0.5) is 0 Å². The van der Waals surface area contributed by atoms with E-state index in [4.69, 9.17) is 0 Å². The van der Waals surface area contributed by atoms with Gasteiger partial charge in [0.15, 0.2) is 5.78 Å². The van der Waals surface area contributed by atoms with E-state index >= 15 is 0 Å². The minimum absolute atomic E-state index is 0.0670. The van der Waals surface area contributed by atoms with Crippen LogP contribution in [0.25, 0.3) is 23.3 Å². The number of allylic oxidation sites excluding steroid dienone is 4. The van der Waals surface area contributed by atoms with Crippen LogP contribution >= 0.6 is 15.9 Å². The lowest BCUT2D eigenvalue weighted by Crippen LogP contribution is -2.37. The van der Waals surface area contributed by atoms with Crippen molar-refractivity contribution in [3.63, 3.8) is 0 Å². The fourth-order valence-electron chi connectivity index (χ4n) is 4.96. The summed E-state index contributed by atoms with van der Waals surface area (Å²) in [4.78, 5) is 13.3. The third-order valence-corrected chi connectivity index (χ3v) is 7.44. The van der Waals surface area contributed by atoms with E-state index in [1.54, 1.807) is 0 Å². The highest BCUT2D eigenvalue weighted by Gasteiger charge is 2.24. The van der Waals surface area contributed by atoms with E-state index in [-0.39, 0.29) is 11.7 Å². The largest absolute Gasteiger partial charge is 0.368 e. The number of aryl methyl sites for hydroxylation is 2. The van der Waals surface area contributed by atoms with Crippen LogP contribution in [0.15, 0.2) is 95.8 Å². The van der Waals surface area contributed by atoms with Gasteiger partial charge in [-0.15, -0.1) is 0 Å². The summed E-state index contributed by atoms with van der Waals surface area (Å²) in [6, 6.07) is 19.2. The zero-order valence-electron chi connectivity index (χ0n) is 19.8. The van der Waals surface area contributed by atoms with Gasteiger partial charge in [-0.25, -0.2) is 0 Å². The first-order valence-electron chi connectivity index (χ1n) is 12.1. The topological polar surface area (TPSA) is 29.1 Å².